The highest BCUT2D eigenvalue weighted by Crippen LogP contribution is 2.21. The Bertz CT molecular complexity index is 405. The van der Waals surface area contributed by atoms with E-state index in [1.165, 1.54) is 0 Å². The monoisotopic (exact) mass is 265 g/mol. The maximum atomic E-state index is 12.2. The Morgan fingerprint density at radius 3 is 3.05 bits per heavy atom. The number of carbonyl (C=O) groups excluding carboxylic acids is 1. The van der Waals surface area contributed by atoms with E-state index in [-0.39, 0.29) is 6.03 Å². The minimum Gasteiger partial charge on any atom is -0.324 e. The first-order chi connectivity index (χ1) is 9.11. The number of anilines is 1. The third-order valence-electron chi connectivity index (χ3n) is 3.96. The number of aromatic amines is 1. The van der Waals surface area contributed by atoms with Crippen molar-refractivity contribution >= 4 is 11.7 Å². The van der Waals surface area contributed by atoms with Gasteiger partial charge < -0.3 is 15.1 Å². The first-order valence-electron chi connectivity index (χ1n) is 6.86. The number of urea groups is 1. The molecule has 1 fully saturated rings. The topological polar surface area (TPSA) is 64.3 Å². The fourth-order valence-corrected chi connectivity index (χ4v) is 2.76. The summed E-state index contributed by atoms with van der Waals surface area (Å²) in [5, 5.41) is 9.35. The van der Waals surface area contributed by atoms with Crippen molar-refractivity contribution in [3.8, 4) is 0 Å². The van der Waals surface area contributed by atoms with Crippen molar-refractivity contribution in [2.24, 2.45) is 5.92 Å². The van der Waals surface area contributed by atoms with Crippen LogP contribution in [-0.4, -0.2) is 58.8 Å². The van der Waals surface area contributed by atoms with Gasteiger partial charge >= 0.3 is 6.03 Å². The second kappa shape index (κ2) is 6.06. The highest BCUT2D eigenvalue weighted by molar-refractivity contribution is 5.89. The molecule has 1 aliphatic heterocycles. The number of amides is 2. The molecule has 2 heterocycles. The zero-order chi connectivity index (χ0) is 13.8. The molecule has 0 saturated carbocycles. The van der Waals surface area contributed by atoms with Crippen LogP contribution in [0.3, 0.4) is 0 Å². The maximum absolute atomic E-state index is 12.2. The molecule has 0 unspecified atom stereocenters. The third kappa shape index (κ3) is 3.26. The largest absolute Gasteiger partial charge is 0.324 e. The Kier molecular flexibility index (Phi) is 4.42. The predicted molar refractivity (Wildman–Crippen MR) is 75.1 cm³/mol. The van der Waals surface area contributed by atoms with Crippen molar-refractivity contribution in [1.82, 2.24) is 20.0 Å². The molecule has 6 heteroatoms. The number of H-pyrrole nitrogens is 1. The van der Waals surface area contributed by atoms with Crippen molar-refractivity contribution < 1.29 is 4.79 Å². The van der Waals surface area contributed by atoms with E-state index in [2.05, 4.69) is 34.3 Å². The van der Waals surface area contributed by atoms with Crippen molar-refractivity contribution in [3.05, 3.63) is 12.4 Å². The Balaban J connectivity index is 1.92. The zero-order valence-electron chi connectivity index (χ0n) is 11.9. The van der Waals surface area contributed by atoms with Crippen LogP contribution in [0.1, 0.15) is 20.3 Å². The SMILES string of the molecule is CCN1CC[C@@H](N(C)C(=O)Nc2cn[nH]c2)[C@@H](C)C1. The molecular formula is C13H23N5O. The Morgan fingerprint density at radius 2 is 2.47 bits per heavy atom. The molecule has 0 aromatic carbocycles. The lowest BCUT2D eigenvalue weighted by Gasteiger charge is -2.40. The maximum Gasteiger partial charge on any atom is 0.321 e. The molecule has 1 aliphatic rings. The molecule has 1 aromatic rings. The zero-order valence-corrected chi connectivity index (χ0v) is 11.9. The minimum atomic E-state index is -0.0665. The summed E-state index contributed by atoms with van der Waals surface area (Å²) in [5.74, 6) is 0.494. The number of carbonyl (C=O) groups is 1. The molecule has 1 saturated heterocycles. The summed E-state index contributed by atoms with van der Waals surface area (Å²) in [6, 6.07) is 0.234. The van der Waals surface area contributed by atoms with Gasteiger partial charge in [-0.2, -0.15) is 5.10 Å². The van der Waals surface area contributed by atoms with Gasteiger partial charge in [0.1, 0.15) is 0 Å². The van der Waals surface area contributed by atoms with Crippen molar-refractivity contribution in [1.29, 1.82) is 0 Å². The molecule has 2 amide bonds. The van der Waals surface area contributed by atoms with E-state index in [0.29, 0.717) is 17.6 Å². The average Bonchev–Trinajstić information content (AvgIpc) is 2.90. The number of hydrogen-bond acceptors (Lipinski definition) is 3. The lowest BCUT2D eigenvalue weighted by atomic mass is 9.93. The molecule has 0 bridgehead atoms. The van der Waals surface area contributed by atoms with Gasteiger partial charge in [-0.15, -0.1) is 0 Å². The number of likely N-dealkylation sites (tertiary alicyclic amines) is 1. The number of nitrogens with zero attached hydrogens (tertiary/aromatic N) is 3. The van der Waals surface area contributed by atoms with Gasteiger partial charge in [0.25, 0.3) is 0 Å². The second-order valence-corrected chi connectivity index (χ2v) is 5.25. The summed E-state index contributed by atoms with van der Waals surface area (Å²) >= 11 is 0. The molecule has 0 radical (unpaired) electrons. The normalized spacial score (nSPS) is 24.2. The van der Waals surface area contributed by atoms with E-state index in [1.807, 2.05) is 11.9 Å². The fourth-order valence-electron chi connectivity index (χ4n) is 2.76. The van der Waals surface area contributed by atoms with Crippen LogP contribution in [0.25, 0.3) is 0 Å². The minimum absolute atomic E-state index is 0.0665. The van der Waals surface area contributed by atoms with Gasteiger partial charge in [-0.1, -0.05) is 13.8 Å². The van der Waals surface area contributed by atoms with E-state index in [0.717, 1.165) is 26.1 Å². The number of aromatic nitrogens is 2. The van der Waals surface area contributed by atoms with E-state index in [1.54, 1.807) is 12.4 Å². The molecule has 0 aliphatic carbocycles. The molecular weight excluding hydrogens is 242 g/mol. The lowest BCUT2D eigenvalue weighted by molar-refractivity contribution is 0.101. The van der Waals surface area contributed by atoms with E-state index < -0.39 is 0 Å². The molecule has 1 aromatic heterocycles. The van der Waals surface area contributed by atoms with Crippen LogP contribution in [0, 0.1) is 5.92 Å². The number of hydrogen-bond donors (Lipinski definition) is 2. The van der Waals surface area contributed by atoms with Crippen molar-refractivity contribution in [2.45, 2.75) is 26.3 Å². The first kappa shape index (κ1) is 13.9. The summed E-state index contributed by atoms with van der Waals surface area (Å²) < 4.78 is 0. The summed E-state index contributed by atoms with van der Waals surface area (Å²) in [5.41, 5.74) is 0.704. The van der Waals surface area contributed by atoms with Crippen LogP contribution in [0.15, 0.2) is 12.4 Å². The van der Waals surface area contributed by atoms with Crippen LogP contribution in [0.2, 0.25) is 0 Å². The number of nitrogens with one attached hydrogen (secondary N) is 2. The number of piperidine rings is 1. The third-order valence-corrected chi connectivity index (χ3v) is 3.96. The van der Waals surface area contributed by atoms with Gasteiger partial charge in [0.15, 0.2) is 0 Å². The van der Waals surface area contributed by atoms with Crippen molar-refractivity contribution in [2.75, 3.05) is 32.0 Å². The summed E-state index contributed by atoms with van der Waals surface area (Å²) in [4.78, 5) is 16.4. The molecule has 2 atom stereocenters. The van der Waals surface area contributed by atoms with E-state index >= 15 is 0 Å². The number of rotatable bonds is 3. The molecule has 2 rings (SSSR count). The average molecular weight is 265 g/mol. The smallest absolute Gasteiger partial charge is 0.321 e. The Labute approximate surface area is 114 Å². The van der Waals surface area contributed by atoms with Crippen LogP contribution < -0.4 is 5.32 Å². The van der Waals surface area contributed by atoms with Crippen LogP contribution in [-0.2, 0) is 0 Å². The van der Waals surface area contributed by atoms with Crippen LogP contribution in [0.5, 0.6) is 0 Å². The fraction of sp³-hybridized carbons (Fsp3) is 0.692. The molecule has 19 heavy (non-hydrogen) atoms. The predicted octanol–water partition coefficient (Wildman–Crippen LogP) is 1.60. The summed E-state index contributed by atoms with van der Waals surface area (Å²) in [6.07, 6.45) is 4.31. The molecule has 2 N–H and O–H groups in total. The standard InChI is InChI=1S/C13H23N5O/c1-4-18-6-5-12(10(2)9-18)17(3)13(19)16-11-7-14-15-8-11/h7-8,10,12H,4-6,9H2,1-3H3,(H,14,15)(H,16,19)/t10-,12+/m0/s1. The van der Waals surface area contributed by atoms with Gasteiger partial charge in [0, 0.05) is 32.4 Å². The molecule has 106 valence electrons. The molecule has 6 nitrogen and oxygen atoms in total. The van der Waals surface area contributed by atoms with Gasteiger partial charge in [-0.25, -0.2) is 4.79 Å². The Hall–Kier alpha value is -1.56. The van der Waals surface area contributed by atoms with Gasteiger partial charge in [-0.3, -0.25) is 5.10 Å². The van der Waals surface area contributed by atoms with Gasteiger partial charge in [-0.05, 0) is 18.9 Å². The summed E-state index contributed by atoms with van der Waals surface area (Å²) in [7, 11) is 1.87. The lowest BCUT2D eigenvalue weighted by Crippen LogP contribution is -2.51. The van der Waals surface area contributed by atoms with E-state index in [4.69, 9.17) is 0 Å². The Morgan fingerprint density at radius 1 is 1.68 bits per heavy atom. The van der Waals surface area contributed by atoms with Crippen LogP contribution in [0.4, 0.5) is 10.5 Å². The van der Waals surface area contributed by atoms with E-state index in [9.17, 15) is 4.79 Å². The summed E-state index contributed by atoms with van der Waals surface area (Å²) in [6.45, 7) is 7.61. The second-order valence-electron chi connectivity index (χ2n) is 5.25. The quantitative estimate of drug-likeness (QED) is 0.872. The van der Waals surface area contributed by atoms with Gasteiger partial charge in [0.2, 0.25) is 0 Å². The molecule has 0 spiro atoms. The van der Waals surface area contributed by atoms with Gasteiger partial charge in [0.05, 0.1) is 11.9 Å². The highest BCUT2D eigenvalue weighted by Gasteiger charge is 2.30. The van der Waals surface area contributed by atoms with Crippen LogP contribution >= 0.6 is 0 Å². The van der Waals surface area contributed by atoms with Crippen molar-refractivity contribution in [3.63, 3.8) is 0 Å². The first-order valence-corrected chi connectivity index (χ1v) is 6.86. The highest BCUT2D eigenvalue weighted by atomic mass is 16.2.